The van der Waals surface area contributed by atoms with E-state index in [-0.39, 0.29) is 122 Å². The average Bonchev–Trinajstić information content (AvgIpc) is 0. The van der Waals surface area contributed by atoms with Crippen LogP contribution in [0, 0.1) is 0 Å². The third kappa shape index (κ3) is 25.0. The van der Waals surface area contributed by atoms with Crippen molar-refractivity contribution in [2.24, 2.45) is 0 Å². The summed E-state index contributed by atoms with van der Waals surface area (Å²) in [5, 5.41) is 0. The Morgan fingerprint density at radius 1 is 1.17 bits per heavy atom. The molecule has 0 aromatic carbocycles. The maximum atomic E-state index is 0. The Bertz CT molecular complexity index is 23.8. The van der Waals surface area contributed by atoms with Gasteiger partial charge in [0.25, 0.3) is 0 Å². The van der Waals surface area contributed by atoms with E-state index in [4.69, 9.17) is 0 Å². The summed E-state index contributed by atoms with van der Waals surface area (Å²) >= 11 is 0. The third-order valence-electron chi connectivity index (χ3n) is 0. The summed E-state index contributed by atoms with van der Waals surface area (Å²) in [4.78, 5) is 0. The second kappa shape index (κ2) is 37.2. The maximum Gasteiger partial charge on any atom is 2.00 e. The van der Waals surface area contributed by atoms with Crippen molar-refractivity contribution >= 4 is 40.4 Å². The number of hydrogen-bond donors (Lipinski definition) is 0. The van der Waals surface area contributed by atoms with Crippen LogP contribution in [-0.4, -0.2) is 40.4 Å². The van der Waals surface area contributed by atoms with Crippen molar-refractivity contribution in [3.05, 3.63) is 0 Å². The zero-order chi connectivity index (χ0) is 0. The molecule has 0 aliphatic carbocycles. The number of rotatable bonds is 0. The predicted molar refractivity (Wildman–Crippen MR) is 19.0 cm³/mol. The normalized spacial score (nSPS) is 0. The van der Waals surface area contributed by atoms with Crippen LogP contribution in [0.1, 0.15) is 4.28 Å². The van der Waals surface area contributed by atoms with Crippen molar-refractivity contribution in [1.29, 1.82) is 0 Å². The Labute approximate surface area is 120 Å². The van der Waals surface area contributed by atoms with Crippen molar-refractivity contribution in [3.8, 4) is 0 Å². The molecule has 32 valence electrons. The third-order valence-corrected chi connectivity index (χ3v) is 0. The van der Waals surface area contributed by atoms with Gasteiger partial charge in [0.05, 0.1) is 0 Å². The van der Waals surface area contributed by atoms with Crippen molar-refractivity contribution in [2.75, 3.05) is 0 Å². The van der Waals surface area contributed by atoms with Crippen LogP contribution in [0.3, 0.4) is 0 Å². The first-order valence-corrected chi connectivity index (χ1v) is 0. The molecular formula is H6AgAlLiMgMnZn. The fourth-order valence-electron chi connectivity index (χ4n) is 0. The Morgan fingerprint density at radius 2 is 1.17 bits per heavy atom. The molecule has 0 rings (SSSR count). The molecule has 6 heavy (non-hydrogen) atoms. The van der Waals surface area contributed by atoms with Crippen molar-refractivity contribution in [2.45, 2.75) is 0 Å². The molecule has 6 heteroatoms. The molecule has 0 heterocycles. The summed E-state index contributed by atoms with van der Waals surface area (Å²) in [5.41, 5.74) is 0. The Morgan fingerprint density at radius 3 is 1.17 bits per heavy atom. The molecule has 0 fully saturated rings. The van der Waals surface area contributed by atoms with E-state index in [0.29, 0.717) is 0 Å². The topological polar surface area (TPSA) is 0 Å². The van der Waals surface area contributed by atoms with Crippen molar-refractivity contribution < 1.29 is 82.1 Å². The van der Waals surface area contributed by atoms with Gasteiger partial charge in [-0.1, -0.05) is 0 Å². The van der Waals surface area contributed by atoms with Gasteiger partial charge >= 0.3 is 41.9 Å². The molecule has 0 atom stereocenters. The summed E-state index contributed by atoms with van der Waals surface area (Å²) in [7, 11) is 0. The molecule has 0 saturated heterocycles. The van der Waals surface area contributed by atoms with Gasteiger partial charge in [-0.2, -0.15) is 0 Å². The first-order valence-electron chi connectivity index (χ1n) is 0. The van der Waals surface area contributed by atoms with Crippen molar-refractivity contribution in [3.63, 3.8) is 0 Å². The minimum atomic E-state index is 0. The monoisotopic (exact) mass is 290 g/mol. The van der Waals surface area contributed by atoms with Gasteiger partial charge in [0.15, 0.2) is 17.4 Å². The summed E-state index contributed by atoms with van der Waals surface area (Å²) < 4.78 is 0. The van der Waals surface area contributed by atoms with Crippen molar-refractivity contribution in [1.82, 2.24) is 0 Å². The molecule has 0 amide bonds. The zero-order valence-corrected chi connectivity index (χ0v) is 10.1. The van der Waals surface area contributed by atoms with Crippen LogP contribution in [0.5, 0.6) is 0 Å². The van der Waals surface area contributed by atoms with Gasteiger partial charge < -0.3 is 4.28 Å². The van der Waals surface area contributed by atoms with Gasteiger partial charge in [-0.25, -0.2) is 0 Å². The van der Waals surface area contributed by atoms with Crippen LogP contribution in [0.15, 0.2) is 0 Å². The molecule has 0 aromatic rings. The van der Waals surface area contributed by atoms with Crippen LogP contribution in [0.4, 0.5) is 0 Å². The average molecular weight is 292 g/mol. The summed E-state index contributed by atoms with van der Waals surface area (Å²) in [5.74, 6) is 0. The van der Waals surface area contributed by atoms with Crippen LogP contribution in [0.25, 0.3) is 0 Å². The Hall–Kier alpha value is 3.78. The molecule has 0 aliphatic heterocycles. The molecule has 0 N–H and O–H groups in total. The summed E-state index contributed by atoms with van der Waals surface area (Å²) in [6.45, 7) is 0. The van der Waals surface area contributed by atoms with Crippen LogP contribution < -0.4 is 18.9 Å². The fourth-order valence-corrected chi connectivity index (χ4v) is 0. The molecule has 0 unspecified atom stereocenters. The molecular weight excluding hydrogens is 286 g/mol. The van der Waals surface area contributed by atoms with E-state index in [1.807, 2.05) is 0 Å². The van der Waals surface area contributed by atoms with E-state index in [1.54, 1.807) is 0 Å². The minimum absolute atomic E-state index is 0. The van der Waals surface area contributed by atoms with Gasteiger partial charge in [-0.05, 0) is 0 Å². The maximum absolute atomic E-state index is 0. The summed E-state index contributed by atoms with van der Waals surface area (Å²) in [6.07, 6.45) is 0. The largest absolute Gasteiger partial charge is 2.00 e. The fraction of sp³-hybridized carbons (Fsp3) is 0. The zero-order valence-electron chi connectivity index (χ0n) is 6.09. The molecule has 0 spiro atoms. The van der Waals surface area contributed by atoms with Gasteiger partial charge in [0.2, 0.25) is 0 Å². The predicted octanol–water partition coefficient (Wildman–Crippen LogP) is -4.23. The van der Waals surface area contributed by atoms with Crippen LogP contribution >= 0.6 is 0 Å². The first-order chi connectivity index (χ1) is 0. The van der Waals surface area contributed by atoms with Crippen LogP contribution in [0.2, 0.25) is 0 Å². The van der Waals surface area contributed by atoms with E-state index in [2.05, 4.69) is 0 Å². The van der Waals surface area contributed by atoms with Gasteiger partial charge in [-0.15, -0.1) is 0 Å². The van der Waals surface area contributed by atoms with E-state index in [0.717, 1.165) is 0 Å². The van der Waals surface area contributed by atoms with E-state index in [9.17, 15) is 0 Å². The molecule has 0 aromatic heterocycles. The molecule has 0 saturated carbocycles. The Balaban J connectivity index is 0. The quantitative estimate of drug-likeness (QED) is 0.397. The molecule has 0 nitrogen and oxygen atoms in total. The van der Waals surface area contributed by atoms with E-state index < -0.39 is 0 Å². The van der Waals surface area contributed by atoms with Gasteiger partial charge in [-0.3, -0.25) is 0 Å². The number of hydrogen-bond acceptors (Lipinski definition) is 0. The van der Waals surface area contributed by atoms with Gasteiger partial charge in [0.1, 0.15) is 0 Å². The first kappa shape index (κ1) is 52.8. The molecule has 0 bridgehead atoms. The second-order valence-corrected chi connectivity index (χ2v) is 0. The molecule has 0 aliphatic rings. The second-order valence-electron chi connectivity index (χ2n) is 0. The van der Waals surface area contributed by atoms with E-state index in [1.165, 1.54) is 0 Å². The SMILES string of the molecule is [Ag].[AlH3].[H-].[H-].[H-].[Li+].[Mg+2].[Mn].[Zn]. The minimum Gasteiger partial charge on any atom is -1.00 e. The standard InChI is InChI=1S/Ag.Al.Li.Mg.Mn.Zn.6H/q;;+1;+2;;;;;;3*-1. The smallest absolute Gasteiger partial charge is 1.00 e. The van der Waals surface area contributed by atoms with Crippen LogP contribution in [-0.2, 0) is 58.9 Å². The van der Waals surface area contributed by atoms with Gasteiger partial charge in [0, 0.05) is 58.9 Å². The van der Waals surface area contributed by atoms with E-state index >= 15 is 0 Å². The molecule has 2 radical (unpaired) electrons. The summed E-state index contributed by atoms with van der Waals surface area (Å²) in [6, 6.07) is 0. The Kier molecular flexibility index (Phi) is 327.